The van der Waals surface area contributed by atoms with Gasteiger partial charge in [-0.05, 0) is 44.0 Å². The highest BCUT2D eigenvalue weighted by molar-refractivity contribution is 6.42. The molecule has 1 N–H and O–H groups in total. The number of nitrogens with zero attached hydrogens (tertiary/aromatic N) is 1. The van der Waals surface area contributed by atoms with E-state index in [4.69, 9.17) is 27.9 Å². The van der Waals surface area contributed by atoms with Crippen molar-refractivity contribution in [3.63, 3.8) is 0 Å². The monoisotopic (exact) mass is 356 g/mol. The van der Waals surface area contributed by atoms with Crippen molar-refractivity contribution < 1.29 is 9.53 Å². The first kappa shape index (κ1) is 17.0. The molecule has 0 bridgehead atoms. The number of nitrogens with one attached hydrogen (secondary N) is 1. The van der Waals surface area contributed by atoms with Gasteiger partial charge in [0.1, 0.15) is 6.10 Å². The smallest absolute Gasteiger partial charge is 0.225 e. The summed E-state index contributed by atoms with van der Waals surface area (Å²) in [4.78, 5) is 14.7. The van der Waals surface area contributed by atoms with Crippen molar-refractivity contribution in [2.24, 2.45) is 5.92 Å². The molecule has 2 aliphatic heterocycles. The Balaban J connectivity index is 1.67. The van der Waals surface area contributed by atoms with Gasteiger partial charge in [0, 0.05) is 18.5 Å². The minimum atomic E-state index is -0.137. The Morgan fingerprint density at radius 3 is 2.91 bits per heavy atom. The van der Waals surface area contributed by atoms with Crippen molar-refractivity contribution in [3.8, 4) is 0 Å². The average molecular weight is 357 g/mol. The SMILES string of the molecule is C[C@H]1C[C@@H](C(=O)N2CCOC(c3ccc(Cl)c(Cl)c3)C2)CCN1. The Labute approximate surface area is 147 Å². The van der Waals surface area contributed by atoms with Crippen LogP contribution in [0.15, 0.2) is 18.2 Å². The molecule has 4 nitrogen and oxygen atoms in total. The second-order valence-corrected chi connectivity index (χ2v) is 7.21. The van der Waals surface area contributed by atoms with E-state index < -0.39 is 0 Å². The first-order valence-electron chi connectivity index (χ1n) is 8.13. The molecule has 1 aromatic carbocycles. The summed E-state index contributed by atoms with van der Waals surface area (Å²) in [6.45, 7) is 4.84. The molecular weight excluding hydrogens is 335 g/mol. The van der Waals surface area contributed by atoms with Crippen LogP contribution in [0.2, 0.25) is 10.0 Å². The summed E-state index contributed by atoms with van der Waals surface area (Å²) in [7, 11) is 0. The highest BCUT2D eigenvalue weighted by Crippen LogP contribution is 2.30. The van der Waals surface area contributed by atoms with Gasteiger partial charge in [0.15, 0.2) is 0 Å². The lowest BCUT2D eigenvalue weighted by atomic mass is 9.91. The number of piperidine rings is 1. The predicted molar refractivity (Wildman–Crippen MR) is 91.9 cm³/mol. The molecule has 126 valence electrons. The lowest BCUT2D eigenvalue weighted by Crippen LogP contribution is -2.48. The van der Waals surface area contributed by atoms with Crippen LogP contribution in [0.5, 0.6) is 0 Å². The van der Waals surface area contributed by atoms with Crippen LogP contribution in [-0.4, -0.2) is 43.1 Å². The van der Waals surface area contributed by atoms with Crippen molar-refractivity contribution in [2.45, 2.75) is 31.9 Å². The molecule has 2 fully saturated rings. The standard InChI is InChI=1S/C17H22Cl2N2O2/c1-11-8-13(4-5-20-11)17(22)21-6-7-23-16(10-21)12-2-3-14(18)15(19)9-12/h2-3,9,11,13,16,20H,4-8,10H2,1H3/t11-,13-,16?/m0/s1. The number of hydrogen-bond donors (Lipinski definition) is 1. The molecule has 0 saturated carbocycles. The first-order valence-corrected chi connectivity index (χ1v) is 8.89. The first-order chi connectivity index (χ1) is 11.0. The van der Waals surface area contributed by atoms with Crippen molar-refractivity contribution in [1.82, 2.24) is 10.2 Å². The van der Waals surface area contributed by atoms with Crippen LogP contribution in [0.1, 0.15) is 31.4 Å². The maximum Gasteiger partial charge on any atom is 0.225 e. The van der Waals surface area contributed by atoms with E-state index in [-0.39, 0.29) is 17.9 Å². The van der Waals surface area contributed by atoms with E-state index in [9.17, 15) is 4.79 Å². The van der Waals surface area contributed by atoms with Gasteiger partial charge in [-0.25, -0.2) is 0 Å². The summed E-state index contributed by atoms with van der Waals surface area (Å²) >= 11 is 12.1. The predicted octanol–water partition coefficient (Wildman–Crippen LogP) is 3.28. The van der Waals surface area contributed by atoms with Gasteiger partial charge >= 0.3 is 0 Å². The Bertz CT molecular complexity index is 582. The molecule has 0 radical (unpaired) electrons. The zero-order chi connectivity index (χ0) is 16.4. The molecule has 0 aliphatic carbocycles. The van der Waals surface area contributed by atoms with Crippen molar-refractivity contribution in [3.05, 3.63) is 33.8 Å². The van der Waals surface area contributed by atoms with Crippen LogP contribution < -0.4 is 5.32 Å². The van der Waals surface area contributed by atoms with E-state index in [0.717, 1.165) is 24.9 Å². The van der Waals surface area contributed by atoms with Crippen LogP contribution in [0.25, 0.3) is 0 Å². The zero-order valence-electron chi connectivity index (χ0n) is 13.2. The fourth-order valence-electron chi connectivity index (χ4n) is 3.38. The van der Waals surface area contributed by atoms with Crippen LogP contribution in [-0.2, 0) is 9.53 Å². The average Bonchev–Trinajstić information content (AvgIpc) is 2.57. The number of hydrogen-bond acceptors (Lipinski definition) is 3. The number of halogens is 2. The summed E-state index contributed by atoms with van der Waals surface area (Å²) in [6.07, 6.45) is 1.69. The molecule has 23 heavy (non-hydrogen) atoms. The zero-order valence-corrected chi connectivity index (χ0v) is 14.7. The Morgan fingerprint density at radius 1 is 1.35 bits per heavy atom. The fourth-order valence-corrected chi connectivity index (χ4v) is 3.68. The normalized spacial score (nSPS) is 28.7. The molecule has 0 spiro atoms. The van der Waals surface area contributed by atoms with Crippen molar-refractivity contribution in [2.75, 3.05) is 26.2 Å². The number of amides is 1. The molecule has 1 unspecified atom stereocenters. The fraction of sp³-hybridized carbons (Fsp3) is 0.588. The van der Waals surface area contributed by atoms with E-state index in [2.05, 4.69) is 12.2 Å². The van der Waals surface area contributed by atoms with Crippen LogP contribution in [0.3, 0.4) is 0 Å². The molecule has 0 aromatic heterocycles. The summed E-state index contributed by atoms with van der Waals surface area (Å²) in [5, 5.41) is 4.44. The van der Waals surface area contributed by atoms with E-state index in [1.54, 1.807) is 6.07 Å². The highest BCUT2D eigenvalue weighted by atomic mass is 35.5. The summed E-state index contributed by atoms with van der Waals surface area (Å²) in [5.74, 6) is 0.380. The Kier molecular flexibility index (Phi) is 5.47. The molecular formula is C17H22Cl2N2O2. The number of carbonyl (C=O) groups excluding carboxylic acids is 1. The van der Waals surface area contributed by atoms with Crippen LogP contribution in [0, 0.1) is 5.92 Å². The van der Waals surface area contributed by atoms with Gasteiger partial charge in [0.25, 0.3) is 0 Å². The highest BCUT2D eigenvalue weighted by Gasteiger charge is 2.32. The molecule has 1 amide bonds. The van der Waals surface area contributed by atoms with Crippen molar-refractivity contribution in [1.29, 1.82) is 0 Å². The van der Waals surface area contributed by atoms with Gasteiger partial charge in [-0.1, -0.05) is 29.3 Å². The lowest BCUT2D eigenvalue weighted by molar-refractivity contribution is -0.144. The van der Waals surface area contributed by atoms with Crippen LogP contribution in [0.4, 0.5) is 0 Å². The summed E-state index contributed by atoms with van der Waals surface area (Å²) in [5.41, 5.74) is 0.968. The summed E-state index contributed by atoms with van der Waals surface area (Å²) < 4.78 is 5.84. The van der Waals surface area contributed by atoms with E-state index >= 15 is 0 Å². The van der Waals surface area contributed by atoms with Crippen molar-refractivity contribution >= 4 is 29.1 Å². The van der Waals surface area contributed by atoms with Gasteiger partial charge in [-0.15, -0.1) is 0 Å². The third-order valence-corrected chi connectivity index (χ3v) is 5.41. The number of rotatable bonds is 2. The largest absolute Gasteiger partial charge is 0.370 e. The van der Waals surface area contributed by atoms with Gasteiger partial charge in [0.05, 0.1) is 23.2 Å². The third-order valence-electron chi connectivity index (χ3n) is 4.67. The van der Waals surface area contributed by atoms with Gasteiger partial charge in [0.2, 0.25) is 5.91 Å². The minimum Gasteiger partial charge on any atom is -0.370 e. The molecule has 2 heterocycles. The number of carbonyl (C=O) groups is 1. The third kappa shape index (κ3) is 4.00. The Morgan fingerprint density at radius 2 is 2.17 bits per heavy atom. The van der Waals surface area contributed by atoms with Gasteiger partial charge in [-0.3, -0.25) is 4.79 Å². The second-order valence-electron chi connectivity index (χ2n) is 6.39. The number of morpholine rings is 1. The quantitative estimate of drug-likeness (QED) is 0.883. The maximum atomic E-state index is 12.8. The number of ether oxygens (including phenoxy) is 1. The van der Waals surface area contributed by atoms with E-state index in [0.29, 0.717) is 35.8 Å². The molecule has 2 saturated heterocycles. The lowest BCUT2D eigenvalue weighted by Gasteiger charge is -2.37. The van der Waals surface area contributed by atoms with E-state index in [1.807, 2.05) is 17.0 Å². The summed E-state index contributed by atoms with van der Waals surface area (Å²) in [6, 6.07) is 5.93. The van der Waals surface area contributed by atoms with Gasteiger partial charge in [-0.2, -0.15) is 0 Å². The molecule has 1 aromatic rings. The second kappa shape index (κ2) is 7.39. The Hall–Kier alpha value is -0.810. The molecule has 3 atom stereocenters. The minimum absolute atomic E-state index is 0.124. The van der Waals surface area contributed by atoms with E-state index in [1.165, 1.54) is 0 Å². The molecule has 3 rings (SSSR count). The molecule has 6 heteroatoms. The van der Waals surface area contributed by atoms with Crippen LogP contribution >= 0.6 is 23.2 Å². The maximum absolute atomic E-state index is 12.8. The number of benzene rings is 1. The topological polar surface area (TPSA) is 41.6 Å². The van der Waals surface area contributed by atoms with Gasteiger partial charge < -0.3 is 15.0 Å². The molecule has 2 aliphatic rings.